The summed E-state index contributed by atoms with van der Waals surface area (Å²) in [6, 6.07) is 10.6. The molecule has 1 aliphatic rings. The minimum atomic E-state index is -3.82. The fourth-order valence-corrected chi connectivity index (χ4v) is 4.93. The van der Waals surface area contributed by atoms with Gasteiger partial charge in [-0.3, -0.25) is 9.69 Å². The molecule has 1 N–H and O–H groups in total. The number of carbonyl (C=O) groups is 1. The molecule has 0 aromatic heterocycles. The van der Waals surface area contributed by atoms with Crippen LogP contribution in [0.1, 0.15) is 12.5 Å². The van der Waals surface area contributed by atoms with Crippen LogP contribution in [0.15, 0.2) is 47.4 Å². The number of halogens is 1. The zero-order chi connectivity index (χ0) is 23.3. The second kappa shape index (κ2) is 10.5. The van der Waals surface area contributed by atoms with Crippen LogP contribution in [0.2, 0.25) is 5.02 Å². The number of sulfonamides is 1. The Bertz CT molecular complexity index is 1040. The molecule has 0 saturated carbocycles. The Morgan fingerprint density at radius 3 is 2.31 bits per heavy atom. The van der Waals surface area contributed by atoms with Gasteiger partial charge in [-0.2, -0.15) is 4.72 Å². The minimum absolute atomic E-state index is 0.0682. The van der Waals surface area contributed by atoms with Gasteiger partial charge in [0.15, 0.2) is 0 Å². The van der Waals surface area contributed by atoms with Gasteiger partial charge in [-0.15, -0.1) is 0 Å². The molecular formula is C22H28ClN3O5S. The van der Waals surface area contributed by atoms with E-state index in [2.05, 4.69) is 9.62 Å². The first-order valence-electron chi connectivity index (χ1n) is 10.2. The molecule has 3 rings (SSSR count). The summed E-state index contributed by atoms with van der Waals surface area (Å²) in [6.07, 6.45) is 0. The van der Waals surface area contributed by atoms with Crippen molar-refractivity contribution in [3.63, 3.8) is 0 Å². The van der Waals surface area contributed by atoms with E-state index < -0.39 is 16.1 Å². The molecule has 0 unspecified atom stereocenters. The van der Waals surface area contributed by atoms with Crippen molar-refractivity contribution in [3.05, 3.63) is 53.1 Å². The first-order chi connectivity index (χ1) is 15.2. The number of piperazine rings is 1. The fraction of sp³-hybridized carbons (Fsp3) is 0.409. The predicted octanol–water partition coefficient (Wildman–Crippen LogP) is 2.37. The SMILES string of the molecule is COc1ccc(OC)c(CN2CCN(C(=O)[C@H](C)NS(=O)(=O)c3ccc(Cl)cc3)CC2)c1. The van der Waals surface area contributed by atoms with E-state index in [1.807, 2.05) is 18.2 Å². The van der Waals surface area contributed by atoms with Gasteiger partial charge >= 0.3 is 0 Å². The number of amides is 1. The Labute approximate surface area is 194 Å². The summed E-state index contributed by atoms with van der Waals surface area (Å²) in [5.74, 6) is 1.30. The lowest BCUT2D eigenvalue weighted by Crippen LogP contribution is -2.53. The molecular weight excluding hydrogens is 454 g/mol. The number of hydrogen-bond acceptors (Lipinski definition) is 6. The zero-order valence-corrected chi connectivity index (χ0v) is 19.9. The summed E-state index contributed by atoms with van der Waals surface area (Å²) in [4.78, 5) is 16.8. The molecule has 1 atom stereocenters. The number of methoxy groups -OCH3 is 2. The second-order valence-corrected chi connectivity index (χ2v) is 9.73. The highest BCUT2D eigenvalue weighted by molar-refractivity contribution is 7.89. The number of hydrogen-bond donors (Lipinski definition) is 1. The highest BCUT2D eigenvalue weighted by Crippen LogP contribution is 2.25. The van der Waals surface area contributed by atoms with Crippen LogP contribution in [-0.4, -0.2) is 70.6 Å². The summed E-state index contributed by atoms with van der Waals surface area (Å²) in [5, 5.41) is 0.442. The van der Waals surface area contributed by atoms with E-state index in [1.165, 1.54) is 24.3 Å². The molecule has 1 fully saturated rings. The summed E-state index contributed by atoms with van der Waals surface area (Å²) >= 11 is 5.82. The normalized spacial score (nSPS) is 15.9. The number of nitrogens with one attached hydrogen (secondary N) is 1. The summed E-state index contributed by atoms with van der Waals surface area (Å²) in [6.45, 7) is 4.59. The Kier molecular flexibility index (Phi) is 8.00. The largest absolute Gasteiger partial charge is 0.497 e. The van der Waals surface area contributed by atoms with Crippen LogP contribution in [-0.2, 0) is 21.4 Å². The van der Waals surface area contributed by atoms with Crippen molar-refractivity contribution in [2.24, 2.45) is 0 Å². The van der Waals surface area contributed by atoms with Crippen molar-refractivity contribution in [2.75, 3.05) is 40.4 Å². The van der Waals surface area contributed by atoms with Crippen LogP contribution in [0, 0.1) is 0 Å². The van der Waals surface area contributed by atoms with Gasteiger partial charge in [0.2, 0.25) is 15.9 Å². The van der Waals surface area contributed by atoms with E-state index in [9.17, 15) is 13.2 Å². The van der Waals surface area contributed by atoms with Crippen molar-refractivity contribution in [1.82, 2.24) is 14.5 Å². The highest BCUT2D eigenvalue weighted by atomic mass is 35.5. The number of ether oxygens (including phenoxy) is 2. The zero-order valence-electron chi connectivity index (χ0n) is 18.4. The number of benzene rings is 2. The molecule has 10 heteroatoms. The van der Waals surface area contributed by atoms with Crippen molar-refractivity contribution in [3.8, 4) is 11.5 Å². The van der Waals surface area contributed by atoms with E-state index in [1.54, 1.807) is 26.0 Å². The lowest BCUT2D eigenvalue weighted by Gasteiger charge is -2.36. The van der Waals surface area contributed by atoms with Gasteiger partial charge in [0.05, 0.1) is 25.2 Å². The highest BCUT2D eigenvalue weighted by Gasteiger charge is 2.28. The lowest BCUT2D eigenvalue weighted by molar-refractivity contribution is -0.134. The molecule has 174 valence electrons. The molecule has 1 amide bonds. The van der Waals surface area contributed by atoms with Crippen LogP contribution in [0.5, 0.6) is 11.5 Å². The van der Waals surface area contributed by atoms with Crippen molar-refractivity contribution in [2.45, 2.75) is 24.4 Å². The van der Waals surface area contributed by atoms with Crippen LogP contribution < -0.4 is 14.2 Å². The second-order valence-electron chi connectivity index (χ2n) is 7.58. The smallest absolute Gasteiger partial charge is 0.241 e. The van der Waals surface area contributed by atoms with E-state index in [4.69, 9.17) is 21.1 Å². The van der Waals surface area contributed by atoms with Gasteiger partial charge in [-0.25, -0.2) is 8.42 Å². The predicted molar refractivity (Wildman–Crippen MR) is 123 cm³/mol. The molecule has 2 aromatic rings. The third-order valence-electron chi connectivity index (χ3n) is 5.39. The maximum atomic E-state index is 12.8. The van der Waals surface area contributed by atoms with Crippen LogP contribution >= 0.6 is 11.6 Å². The lowest BCUT2D eigenvalue weighted by atomic mass is 10.1. The maximum absolute atomic E-state index is 12.8. The molecule has 1 saturated heterocycles. The van der Waals surface area contributed by atoms with E-state index in [0.717, 1.165) is 17.1 Å². The van der Waals surface area contributed by atoms with Crippen LogP contribution in [0.3, 0.4) is 0 Å². The number of nitrogens with zero attached hydrogens (tertiary/aromatic N) is 2. The van der Waals surface area contributed by atoms with E-state index >= 15 is 0 Å². The molecule has 8 nitrogen and oxygen atoms in total. The molecule has 0 bridgehead atoms. The Hall–Kier alpha value is -2.33. The van der Waals surface area contributed by atoms with Crippen LogP contribution in [0.25, 0.3) is 0 Å². The van der Waals surface area contributed by atoms with Gasteiger partial charge in [-0.1, -0.05) is 11.6 Å². The fourth-order valence-electron chi connectivity index (χ4n) is 3.61. The standard InChI is InChI=1S/C22H28ClN3O5S/c1-16(24-32(28,29)20-7-4-18(23)5-8-20)22(27)26-12-10-25(11-13-26)15-17-14-19(30-2)6-9-21(17)31-3/h4-9,14,16,24H,10-13,15H2,1-3H3/t16-/m0/s1. The average molecular weight is 482 g/mol. The van der Waals surface area contributed by atoms with Gasteiger partial charge in [0.1, 0.15) is 11.5 Å². The first kappa shape index (κ1) is 24.3. The summed E-state index contributed by atoms with van der Waals surface area (Å²) in [7, 11) is -0.561. The molecule has 1 aliphatic heterocycles. The molecule has 0 radical (unpaired) electrons. The molecule has 0 spiro atoms. The molecule has 0 aliphatic carbocycles. The number of rotatable bonds is 8. The minimum Gasteiger partial charge on any atom is -0.497 e. The van der Waals surface area contributed by atoms with Gasteiger partial charge < -0.3 is 14.4 Å². The molecule has 2 aromatic carbocycles. The summed E-state index contributed by atoms with van der Waals surface area (Å²) < 4.78 is 38.3. The van der Waals surface area contributed by atoms with Gasteiger partial charge in [-0.05, 0) is 49.4 Å². The monoisotopic (exact) mass is 481 g/mol. The third kappa shape index (κ3) is 5.92. The third-order valence-corrected chi connectivity index (χ3v) is 7.20. The Morgan fingerprint density at radius 2 is 1.72 bits per heavy atom. The average Bonchev–Trinajstić information content (AvgIpc) is 2.79. The first-order valence-corrected chi connectivity index (χ1v) is 12.1. The quantitative estimate of drug-likeness (QED) is 0.622. The summed E-state index contributed by atoms with van der Waals surface area (Å²) in [5.41, 5.74) is 1.01. The van der Waals surface area contributed by atoms with E-state index in [0.29, 0.717) is 37.7 Å². The topological polar surface area (TPSA) is 88.2 Å². The Balaban J connectivity index is 1.56. The van der Waals surface area contributed by atoms with Gasteiger partial charge in [0.25, 0.3) is 0 Å². The van der Waals surface area contributed by atoms with E-state index in [-0.39, 0.29) is 10.8 Å². The Morgan fingerprint density at radius 1 is 1.06 bits per heavy atom. The van der Waals surface area contributed by atoms with Crippen LogP contribution in [0.4, 0.5) is 0 Å². The van der Waals surface area contributed by atoms with Crippen molar-refractivity contribution in [1.29, 1.82) is 0 Å². The molecule has 32 heavy (non-hydrogen) atoms. The molecule has 1 heterocycles. The van der Waals surface area contributed by atoms with Crippen molar-refractivity contribution >= 4 is 27.5 Å². The van der Waals surface area contributed by atoms with Crippen molar-refractivity contribution < 1.29 is 22.7 Å². The maximum Gasteiger partial charge on any atom is 0.241 e. The number of carbonyl (C=O) groups excluding carboxylic acids is 1. The van der Waals surface area contributed by atoms with Gasteiger partial charge in [0, 0.05) is 43.3 Å².